The molecule has 2 N–H and O–H groups in total. The molecular formula is C15H19N5O4S. The third kappa shape index (κ3) is 3.64. The van der Waals surface area contributed by atoms with Gasteiger partial charge < -0.3 is 5.32 Å². The lowest BCUT2D eigenvalue weighted by molar-refractivity contribution is -0.384. The first kappa shape index (κ1) is 17.4. The minimum absolute atomic E-state index is 0.0638. The predicted octanol–water partition coefficient (Wildman–Crippen LogP) is 2.48. The fraction of sp³-hybridized carbons (Fsp3) is 0.400. The van der Waals surface area contributed by atoms with E-state index < -0.39 is 14.9 Å². The lowest BCUT2D eigenvalue weighted by Crippen LogP contribution is -2.39. The van der Waals surface area contributed by atoms with Crippen LogP contribution in [0, 0.1) is 16.0 Å². The molecule has 1 aromatic carbocycles. The van der Waals surface area contributed by atoms with E-state index in [1.54, 1.807) is 6.20 Å². The van der Waals surface area contributed by atoms with E-state index in [1.165, 1.54) is 22.6 Å². The molecule has 0 aliphatic carbocycles. The van der Waals surface area contributed by atoms with Gasteiger partial charge in [-0.2, -0.15) is 9.40 Å². The molecule has 2 aromatic rings. The summed E-state index contributed by atoms with van der Waals surface area (Å²) in [6, 6.07) is 3.91. The van der Waals surface area contributed by atoms with Crippen LogP contribution in [0.25, 0.3) is 0 Å². The maximum absolute atomic E-state index is 12.8. The van der Waals surface area contributed by atoms with Crippen LogP contribution < -0.4 is 5.32 Å². The van der Waals surface area contributed by atoms with Crippen molar-refractivity contribution >= 4 is 27.1 Å². The molecule has 1 fully saturated rings. The highest BCUT2D eigenvalue weighted by Crippen LogP contribution is 2.32. The average Bonchev–Trinajstić information content (AvgIpc) is 3.08. The number of nitro groups is 1. The Kier molecular flexibility index (Phi) is 4.73. The Morgan fingerprint density at radius 1 is 1.44 bits per heavy atom. The molecule has 0 saturated carbocycles. The first-order chi connectivity index (χ1) is 11.9. The van der Waals surface area contributed by atoms with Crippen molar-refractivity contribution in [1.82, 2.24) is 14.5 Å². The molecule has 0 amide bonds. The van der Waals surface area contributed by atoms with Crippen LogP contribution in [0.15, 0.2) is 35.5 Å². The number of rotatable bonds is 5. The van der Waals surface area contributed by atoms with E-state index >= 15 is 0 Å². The van der Waals surface area contributed by atoms with Crippen molar-refractivity contribution in [3.05, 3.63) is 40.7 Å². The van der Waals surface area contributed by atoms with Crippen molar-refractivity contribution in [1.29, 1.82) is 0 Å². The van der Waals surface area contributed by atoms with Gasteiger partial charge in [-0.1, -0.05) is 6.92 Å². The summed E-state index contributed by atoms with van der Waals surface area (Å²) in [4.78, 5) is 10.7. The molecule has 1 aliphatic rings. The van der Waals surface area contributed by atoms with E-state index in [0.717, 1.165) is 18.9 Å². The van der Waals surface area contributed by atoms with Gasteiger partial charge in [0.15, 0.2) is 0 Å². The summed E-state index contributed by atoms with van der Waals surface area (Å²) in [6.07, 6.45) is 4.80. The smallest absolute Gasteiger partial charge is 0.294 e. The molecular weight excluding hydrogens is 346 g/mol. The van der Waals surface area contributed by atoms with Crippen LogP contribution in [0.5, 0.6) is 0 Å². The van der Waals surface area contributed by atoms with Crippen molar-refractivity contribution < 1.29 is 13.3 Å². The number of piperidine rings is 1. The van der Waals surface area contributed by atoms with E-state index in [-0.39, 0.29) is 22.2 Å². The van der Waals surface area contributed by atoms with Crippen LogP contribution in [0.4, 0.5) is 17.1 Å². The second-order valence-electron chi connectivity index (χ2n) is 6.16. The largest absolute Gasteiger partial charge is 0.347 e. The van der Waals surface area contributed by atoms with Gasteiger partial charge in [-0.15, -0.1) is 0 Å². The van der Waals surface area contributed by atoms with Gasteiger partial charge in [-0.05, 0) is 30.9 Å². The summed E-state index contributed by atoms with van der Waals surface area (Å²) in [7, 11) is -3.75. The lowest BCUT2D eigenvalue weighted by atomic mass is 10.0. The molecule has 1 aromatic heterocycles. The van der Waals surface area contributed by atoms with Gasteiger partial charge in [-0.25, -0.2) is 8.42 Å². The molecule has 134 valence electrons. The minimum Gasteiger partial charge on any atom is -0.347 e. The zero-order chi connectivity index (χ0) is 18.0. The summed E-state index contributed by atoms with van der Waals surface area (Å²) in [5.41, 5.74) is 0.452. The second kappa shape index (κ2) is 6.81. The molecule has 3 rings (SSSR count). The Bertz CT molecular complexity index is 866. The van der Waals surface area contributed by atoms with Crippen LogP contribution in [-0.2, 0) is 10.0 Å². The van der Waals surface area contributed by atoms with Crippen molar-refractivity contribution in [3.63, 3.8) is 0 Å². The summed E-state index contributed by atoms with van der Waals surface area (Å²) in [5.74, 6) is 0.278. The van der Waals surface area contributed by atoms with E-state index in [4.69, 9.17) is 0 Å². The number of benzene rings is 1. The molecule has 2 heterocycles. The first-order valence-corrected chi connectivity index (χ1v) is 9.36. The maximum Gasteiger partial charge on any atom is 0.294 e. The number of hydrogen-bond donors (Lipinski definition) is 2. The monoisotopic (exact) mass is 365 g/mol. The SMILES string of the molecule is C[C@H]1CCCN(S(=O)(=O)c2ccc(Nc3cn[nH]c3)c([N+](=O)[O-])c2)C1. The Balaban J connectivity index is 1.94. The highest BCUT2D eigenvalue weighted by atomic mass is 32.2. The molecule has 0 spiro atoms. The lowest BCUT2D eigenvalue weighted by Gasteiger charge is -2.30. The number of anilines is 2. The topological polar surface area (TPSA) is 121 Å². The van der Waals surface area contributed by atoms with Gasteiger partial charge in [-0.3, -0.25) is 15.2 Å². The van der Waals surface area contributed by atoms with Crippen LogP contribution >= 0.6 is 0 Å². The van der Waals surface area contributed by atoms with E-state index in [2.05, 4.69) is 15.5 Å². The van der Waals surface area contributed by atoms with Gasteiger partial charge in [0.2, 0.25) is 10.0 Å². The third-order valence-electron chi connectivity index (χ3n) is 4.20. The normalized spacial score (nSPS) is 18.8. The molecule has 9 nitrogen and oxygen atoms in total. The Hall–Kier alpha value is -2.46. The molecule has 1 aliphatic heterocycles. The van der Waals surface area contributed by atoms with Crippen molar-refractivity contribution in [2.45, 2.75) is 24.7 Å². The van der Waals surface area contributed by atoms with Crippen LogP contribution in [0.3, 0.4) is 0 Å². The summed E-state index contributed by atoms with van der Waals surface area (Å²) >= 11 is 0. The van der Waals surface area contributed by atoms with Crippen molar-refractivity contribution in [2.75, 3.05) is 18.4 Å². The standard InChI is InChI=1S/C15H19N5O4S/c1-11-3-2-6-19(10-11)25(23,24)13-4-5-14(15(7-13)20(21)22)18-12-8-16-17-9-12/h4-5,7-9,11,18H,2-3,6,10H2,1H3,(H,16,17)/t11-/m0/s1. The fourth-order valence-electron chi connectivity index (χ4n) is 2.92. The Morgan fingerprint density at radius 2 is 2.24 bits per heavy atom. The number of sulfonamides is 1. The van der Waals surface area contributed by atoms with Gasteiger partial charge >= 0.3 is 0 Å². The van der Waals surface area contributed by atoms with Gasteiger partial charge in [0, 0.05) is 25.4 Å². The molecule has 1 saturated heterocycles. The molecule has 0 bridgehead atoms. The molecule has 0 radical (unpaired) electrons. The number of aromatic nitrogens is 2. The first-order valence-electron chi connectivity index (χ1n) is 7.92. The van der Waals surface area contributed by atoms with E-state index in [0.29, 0.717) is 18.8 Å². The molecule has 0 unspecified atom stereocenters. The number of nitrogens with zero attached hydrogens (tertiary/aromatic N) is 3. The minimum atomic E-state index is -3.75. The van der Waals surface area contributed by atoms with Gasteiger partial charge in [0.1, 0.15) is 5.69 Å². The third-order valence-corrected chi connectivity index (χ3v) is 6.06. The zero-order valence-corrected chi connectivity index (χ0v) is 14.5. The molecule has 25 heavy (non-hydrogen) atoms. The van der Waals surface area contributed by atoms with Gasteiger partial charge in [0.05, 0.1) is 21.7 Å². The fourth-order valence-corrected chi connectivity index (χ4v) is 4.54. The Labute approximate surface area is 145 Å². The highest BCUT2D eigenvalue weighted by molar-refractivity contribution is 7.89. The number of H-pyrrole nitrogens is 1. The maximum atomic E-state index is 12.8. The number of nitro benzene ring substituents is 1. The number of aromatic amines is 1. The number of nitrogens with one attached hydrogen (secondary N) is 2. The van der Waals surface area contributed by atoms with Crippen molar-refractivity contribution in [3.8, 4) is 0 Å². The molecule has 10 heteroatoms. The zero-order valence-electron chi connectivity index (χ0n) is 13.7. The summed E-state index contributed by atoms with van der Waals surface area (Å²) in [6.45, 7) is 2.88. The van der Waals surface area contributed by atoms with Crippen LogP contribution in [-0.4, -0.2) is 40.9 Å². The summed E-state index contributed by atoms with van der Waals surface area (Å²) < 4.78 is 27.0. The van der Waals surface area contributed by atoms with E-state index in [9.17, 15) is 18.5 Å². The van der Waals surface area contributed by atoms with Gasteiger partial charge in [0.25, 0.3) is 5.69 Å². The average molecular weight is 365 g/mol. The second-order valence-corrected chi connectivity index (χ2v) is 8.10. The highest BCUT2D eigenvalue weighted by Gasteiger charge is 2.30. The van der Waals surface area contributed by atoms with Crippen molar-refractivity contribution in [2.24, 2.45) is 5.92 Å². The predicted molar refractivity (Wildman–Crippen MR) is 92.1 cm³/mol. The molecule has 1 atom stereocenters. The van der Waals surface area contributed by atoms with Crippen LogP contribution in [0.2, 0.25) is 0 Å². The van der Waals surface area contributed by atoms with Crippen LogP contribution in [0.1, 0.15) is 19.8 Å². The Morgan fingerprint density at radius 3 is 2.88 bits per heavy atom. The van der Waals surface area contributed by atoms with E-state index in [1.807, 2.05) is 6.92 Å². The summed E-state index contributed by atoms with van der Waals surface area (Å²) in [5, 5.41) is 20.6. The quantitative estimate of drug-likeness (QED) is 0.620. The number of hydrogen-bond acceptors (Lipinski definition) is 6.